The zero-order valence-corrected chi connectivity index (χ0v) is 16.6. The first-order chi connectivity index (χ1) is 14.1. The molecule has 29 heavy (non-hydrogen) atoms. The fourth-order valence-corrected chi connectivity index (χ4v) is 3.30. The Labute approximate surface area is 173 Å². The molecule has 2 N–H and O–H groups in total. The first kappa shape index (κ1) is 18.9. The summed E-state index contributed by atoms with van der Waals surface area (Å²) in [5.74, 6) is 0.420. The quantitative estimate of drug-likeness (QED) is 0.465. The molecular weight excluding hydrogens is 384 g/mol. The maximum Gasteiger partial charge on any atom is 0.255 e. The van der Waals surface area contributed by atoms with E-state index in [1.807, 2.05) is 67.6 Å². The lowest BCUT2D eigenvalue weighted by molar-refractivity contribution is 0.102. The molecule has 1 amide bonds. The Morgan fingerprint density at radius 3 is 2.55 bits per heavy atom. The molecular formula is C23H19ClN4O. The fraction of sp³-hybridized carbons (Fsp3) is 0.0870. The molecule has 1 aromatic heterocycles. The van der Waals surface area contributed by atoms with Gasteiger partial charge in [-0.25, -0.2) is 0 Å². The predicted octanol–water partition coefficient (Wildman–Crippen LogP) is 5.46. The number of carbonyl (C=O) groups excluding carboxylic acids is 1. The summed E-state index contributed by atoms with van der Waals surface area (Å²) >= 11 is 6.27. The predicted molar refractivity (Wildman–Crippen MR) is 117 cm³/mol. The van der Waals surface area contributed by atoms with E-state index in [-0.39, 0.29) is 11.1 Å². The average Bonchev–Trinajstić information content (AvgIpc) is 2.74. The number of carbonyl (C=O) groups is 1. The van der Waals surface area contributed by atoms with Gasteiger partial charge in [-0.1, -0.05) is 54.1 Å². The third-order valence-corrected chi connectivity index (χ3v) is 4.85. The molecule has 0 aliphatic heterocycles. The van der Waals surface area contributed by atoms with E-state index >= 15 is 0 Å². The summed E-state index contributed by atoms with van der Waals surface area (Å²) in [5.41, 5.74) is 3.46. The number of hydrogen-bond donors (Lipinski definition) is 2. The summed E-state index contributed by atoms with van der Waals surface area (Å²) in [7, 11) is 0. The van der Waals surface area contributed by atoms with Crippen molar-refractivity contribution < 1.29 is 4.79 Å². The number of nitrogens with one attached hydrogen (secondary N) is 2. The Hall–Kier alpha value is -3.44. The molecule has 0 saturated heterocycles. The van der Waals surface area contributed by atoms with Gasteiger partial charge in [0, 0.05) is 28.6 Å². The van der Waals surface area contributed by atoms with E-state index < -0.39 is 0 Å². The van der Waals surface area contributed by atoms with Gasteiger partial charge in [0.25, 0.3) is 5.91 Å². The first-order valence-corrected chi connectivity index (χ1v) is 9.60. The molecule has 5 nitrogen and oxygen atoms in total. The van der Waals surface area contributed by atoms with Crippen molar-refractivity contribution in [1.82, 2.24) is 10.2 Å². The van der Waals surface area contributed by atoms with Gasteiger partial charge in [0.2, 0.25) is 0 Å². The molecule has 1 heterocycles. The molecule has 4 aromatic rings. The number of rotatable bonds is 5. The Bertz CT molecular complexity index is 1180. The number of anilines is 2. The van der Waals surface area contributed by atoms with Crippen LogP contribution in [-0.2, 0) is 6.54 Å². The molecule has 0 aliphatic carbocycles. The van der Waals surface area contributed by atoms with Gasteiger partial charge in [-0.2, -0.15) is 0 Å². The Morgan fingerprint density at radius 2 is 1.76 bits per heavy atom. The minimum absolute atomic E-state index is 0.204. The second-order valence-corrected chi connectivity index (χ2v) is 7.12. The fourth-order valence-electron chi connectivity index (χ4n) is 3.10. The molecule has 0 spiro atoms. The van der Waals surface area contributed by atoms with E-state index in [1.54, 1.807) is 12.1 Å². The molecule has 3 aromatic carbocycles. The van der Waals surface area contributed by atoms with Crippen LogP contribution in [0.4, 0.5) is 11.5 Å². The van der Waals surface area contributed by atoms with Crippen LogP contribution in [0.1, 0.15) is 21.5 Å². The zero-order valence-electron chi connectivity index (χ0n) is 15.8. The van der Waals surface area contributed by atoms with Crippen LogP contribution in [0.5, 0.6) is 0 Å². The van der Waals surface area contributed by atoms with Crippen LogP contribution in [-0.4, -0.2) is 16.1 Å². The second-order valence-electron chi connectivity index (χ2n) is 6.76. The largest absolute Gasteiger partial charge is 0.364 e. The van der Waals surface area contributed by atoms with Crippen molar-refractivity contribution in [3.05, 3.63) is 94.6 Å². The smallest absolute Gasteiger partial charge is 0.255 e. The van der Waals surface area contributed by atoms with Crippen molar-refractivity contribution in [2.24, 2.45) is 0 Å². The number of halogens is 1. The molecule has 4 rings (SSSR count). The summed E-state index contributed by atoms with van der Waals surface area (Å²) < 4.78 is 0. The van der Waals surface area contributed by atoms with Gasteiger partial charge >= 0.3 is 0 Å². The standard InChI is InChI=1S/C23H19ClN4O/c1-15-6-5-9-18(12-15)26-23(29)17-10-11-19-20(13-17)21(24)27-28-22(19)25-14-16-7-3-2-4-8-16/h2-13H,14H2,1H3,(H,25,28)(H,26,29). The van der Waals surface area contributed by atoms with Gasteiger partial charge in [-0.3, -0.25) is 4.79 Å². The summed E-state index contributed by atoms with van der Waals surface area (Å²) in [6.07, 6.45) is 0. The van der Waals surface area contributed by atoms with Gasteiger partial charge in [0.1, 0.15) is 0 Å². The zero-order chi connectivity index (χ0) is 20.2. The maximum absolute atomic E-state index is 12.7. The van der Waals surface area contributed by atoms with Gasteiger partial charge in [-0.05, 0) is 48.4 Å². The van der Waals surface area contributed by atoms with E-state index in [9.17, 15) is 4.79 Å². The van der Waals surface area contributed by atoms with Crippen LogP contribution in [0.25, 0.3) is 10.8 Å². The molecule has 0 saturated carbocycles. The van der Waals surface area contributed by atoms with Crippen LogP contribution in [0.3, 0.4) is 0 Å². The number of nitrogens with zero attached hydrogens (tertiary/aromatic N) is 2. The van der Waals surface area contributed by atoms with E-state index in [2.05, 4.69) is 20.8 Å². The number of aryl methyl sites for hydroxylation is 1. The van der Waals surface area contributed by atoms with Crippen molar-refractivity contribution in [3.63, 3.8) is 0 Å². The van der Waals surface area contributed by atoms with Gasteiger partial charge < -0.3 is 10.6 Å². The van der Waals surface area contributed by atoms with Crippen molar-refractivity contribution in [1.29, 1.82) is 0 Å². The Kier molecular flexibility index (Phi) is 5.40. The SMILES string of the molecule is Cc1cccc(NC(=O)c2ccc3c(NCc4ccccc4)nnc(Cl)c3c2)c1. The van der Waals surface area contributed by atoms with E-state index in [0.29, 0.717) is 23.3 Å². The van der Waals surface area contributed by atoms with Crippen LogP contribution < -0.4 is 10.6 Å². The molecule has 0 bridgehead atoms. The van der Waals surface area contributed by atoms with Crippen molar-refractivity contribution in [2.75, 3.05) is 10.6 Å². The highest BCUT2D eigenvalue weighted by Crippen LogP contribution is 2.28. The summed E-state index contributed by atoms with van der Waals surface area (Å²) in [5, 5.41) is 16.2. The van der Waals surface area contributed by atoms with Crippen molar-refractivity contribution in [2.45, 2.75) is 13.5 Å². The third-order valence-electron chi connectivity index (χ3n) is 4.58. The number of hydrogen-bond acceptors (Lipinski definition) is 4. The van der Waals surface area contributed by atoms with Crippen LogP contribution in [0, 0.1) is 6.92 Å². The number of amides is 1. The Morgan fingerprint density at radius 1 is 0.931 bits per heavy atom. The minimum atomic E-state index is -0.204. The molecule has 6 heteroatoms. The molecule has 0 radical (unpaired) electrons. The molecule has 144 valence electrons. The molecule has 0 fully saturated rings. The number of aromatic nitrogens is 2. The van der Waals surface area contributed by atoms with Crippen LogP contribution in [0.2, 0.25) is 5.15 Å². The Balaban J connectivity index is 1.60. The van der Waals surface area contributed by atoms with E-state index in [0.717, 1.165) is 22.2 Å². The highest BCUT2D eigenvalue weighted by atomic mass is 35.5. The number of benzene rings is 3. The normalized spacial score (nSPS) is 10.7. The lowest BCUT2D eigenvalue weighted by Crippen LogP contribution is -2.12. The van der Waals surface area contributed by atoms with Gasteiger partial charge in [-0.15, -0.1) is 10.2 Å². The van der Waals surface area contributed by atoms with Crippen LogP contribution in [0.15, 0.2) is 72.8 Å². The lowest BCUT2D eigenvalue weighted by atomic mass is 10.1. The molecule has 0 aliphatic rings. The summed E-state index contributed by atoms with van der Waals surface area (Å²) in [6.45, 7) is 2.59. The summed E-state index contributed by atoms with van der Waals surface area (Å²) in [6, 6.07) is 23.0. The second kappa shape index (κ2) is 8.29. The van der Waals surface area contributed by atoms with E-state index in [1.165, 1.54) is 0 Å². The van der Waals surface area contributed by atoms with Gasteiger partial charge in [0.05, 0.1) is 0 Å². The monoisotopic (exact) mass is 402 g/mol. The number of fused-ring (bicyclic) bond motifs is 1. The van der Waals surface area contributed by atoms with E-state index in [4.69, 9.17) is 11.6 Å². The lowest BCUT2D eigenvalue weighted by Gasteiger charge is -2.11. The van der Waals surface area contributed by atoms with Crippen molar-refractivity contribution in [3.8, 4) is 0 Å². The summed E-state index contributed by atoms with van der Waals surface area (Å²) in [4.78, 5) is 12.7. The third kappa shape index (κ3) is 4.36. The molecule has 0 unspecified atom stereocenters. The van der Waals surface area contributed by atoms with Gasteiger partial charge in [0.15, 0.2) is 11.0 Å². The first-order valence-electron chi connectivity index (χ1n) is 9.22. The average molecular weight is 403 g/mol. The topological polar surface area (TPSA) is 66.9 Å². The molecule has 0 atom stereocenters. The van der Waals surface area contributed by atoms with Crippen molar-refractivity contribution >= 4 is 39.8 Å². The highest BCUT2D eigenvalue weighted by molar-refractivity contribution is 6.34. The highest BCUT2D eigenvalue weighted by Gasteiger charge is 2.13. The maximum atomic E-state index is 12.7. The van der Waals surface area contributed by atoms with Crippen LogP contribution >= 0.6 is 11.6 Å². The minimum Gasteiger partial charge on any atom is -0.364 e.